The van der Waals surface area contributed by atoms with E-state index in [0.29, 0.717) is 0 Å². The highest BCUT2D eigenvalue weighted by atomic mass is 16.3. The summed E-state index contributed by atoms with van der Waals surface area (Å²) in [6, 6.07) is 0. The quantitative estimate of drug-likeness (QED) is 0.328. The molecule has 21 heavy (non-hydrogen) atoms. The van der Waals surface area contributed by atoms with Crippen LogP contribution in [0.2, 0.25) is 0 Å². The lowest BCUT2D eigenvalue weighted by molar-refractivity contribution is -0.929. The molecule has 1 atom stereocenters. The molecule has 0 bridgehead atoms. The predicted octanol–water partition coefficient (Wildman–Crippen LogP) is 5.14. The summed E-state index contributed by atoms with van der Waals surface area (Å²) < 4.78 is 1.27. The van der Waals surface area contributed by atoms with Crippen LogP contribution >= 0.6 is 0 Å². The van der Waals surface area contributed by atoms with Crippen molar-refractivity contribution in [2.45, 2.75) is 98.0 Å². The third-order valence-corrected chi connectivity index (χ3v) is 4.73. The van der Waals surface area contributed by atoms with Crippen LogP contribution in [-0.4, -0.2) is 41.9 Å². The molecule has 0 aliphatic heterocycles. The predicted molar refractivity (Wildman–Crippen MR) is 94.6 cm³/mol. The Morgan fingerprint density at radius 3 is 1.33 bits per heavy atom. The van der Waals surface area contributed by atoms with Crippen molar-refractivity contribution in [3.05, 3.63) is 0 Å². The molecule has 0 aromatic rings. The van der Waals surface area contributed by atoms with Gasteiger partial charge in [0.15, 0.2) is 0 Å². The standard InChI is InChI=1S/C19H42NO/c1-5-8-11-15-20(16-12-9-6-2,17-13-10-7-3)18-14-19(4)21/h19,21H,5-18H2,1-4H3/q+1. The van der Waals surface area contributed by atoms with Crippen LogP contribution in [0.1, 0.15) is 91.9 Å². The van der Waals surface area contributed by atoms with Crippen molar-refractivity contribution in [2.24, 2.45) is 0 Å². The number of unbranched alkanes of at least 4 members (excludes halogenated alkanes) is 6. The van der Waals surface area contributed by atoms with E-state index in [1.807, 2.05) is 6.92 Å². The van der Waals surface area contributed by atoms with Crippen molar-refractivity contribution >= 4 is 0 Å². The van der Waals surface area contributed by atoms with E-state index in [2.05, 4.69) is 20.8 Å². The van der Waals surface area contributed by atoms with Gasteiger partial charge in [-0.05, 0) is 45.4 Å². The first kappa shape index (κ1) is 20.9. The molecule has 2 heteroatoms. The van der Waals surface area contributed by atoms with Crippen molar-refractivity contribution in [3.63, 3.8) is 0 Å². The molecule has 0 saturated heterocycles. The van der Waals surface area contributed by atoms with Gasteiger partial charge in [-0.25, -0.2) is 0 Å². The van der Waals surface area contributed by atoms with Gasteiger partial charge < -0.3 is 9.59 Å². The van der Waals surface area contributed by atoms with E-state index < -0.39 is 0 Å². The van der Waals surface area contributed by atoms with Crippen molar-refractivity contribution in [1.29, 1.82) is 0 Å². The number of hydrogen-bond donors (Lipinski definition) is 1. The maximum absolute atomic E-state index is 9.72. The van der Waals surface area contributed by atoms with Gasteiger partial charge in [-0.1, -0.05) is 40.0 Å². The summed E-state index contributed by atoms with van der Waals surface area (Å²) in [5, 5.41) is 9.72. The Kier molecular flexibility index (Phi) is 13.5. The summed E-state index contributed by atoms with van der Waals surface area (Å²) >= 11 is 0. The molecule has 0 spiro atoms. The van der Waals surface area contributed by atoms with E-state index in [0.717, 1.165) is 6.42 Å². The lowest BCUT2D eigenvalue weighted by Crippen LogP contribution is -2.51. The molecule has 0 aliphatic carbocycles. The molecule has 0 radical (unpaired) electrons. The number of aliphatic hydroxyl groups excluding tert-OH is 1. The van der Waals surface area contributed by atoms with Crippen LogP contribution in [0.15, 0.2) is 0 Å². The second-order valence-electron chi connectivity index (χ2n) is 7.00. The maximum Gasteiger partial charge on any atom is 0.0811 e. The molecule has 2 nitrogen and oxygen atoms in total. The van der Waals surface area contributed by atoms with Gasteiger partial charge in [-0.15, -0.1) is 0 Å². The number of rotatable bonds is 15. The minimum Gasteiger partial charge on any atom is -0.393 e. The smallest absolute Gasteiger partial charge is 0.0811 e. The summed E-state index contributed by atoms with van der Waals surface area (Å²) in [6.07, 6.45) is 12.9. The van der Waals surface area contributed by atoms with Crippen LogP contribution < -0.4 is 0 Å². The molecule has 0 aromatic carbocycles. The minimum atomic E-state index is -0.147. The van der Waals surface area contributed by atoms with Gasteiger partial charge in [-0.2, -0.15) is 0 Å². The highest BCUT2D eigenvalue weighted by molar-refractivity contribution is 4.54. The fraction of sp³-hybridized carbons (Fsp3) is 1.00. The highest BCUT2D eigenvalue weighted by Gasteiger charge is 2.26. The fourth-order valence-corrected chi connectivity index (χ4v) is 3.22. The molecule has 0 fully saturated rings. The SMILES string of the molecule is CCCCC[N+](CCCCC)(CCCCC)CCC(C)O. The van der Waals surface area contributed by atoms with Crippen LogP contribution in [0.25, 0.3) is 0 Å². The van der Waals surface area contributed by atoms with Gasteiger partial charge in [0.25, 0.3) is 0 Å². The molecule has 0 amide bonds. The second kappa shape index (κ2) is 13.6. The largest absolute Gasteiger partial charge is 0.393 e. The molecular weight excluding hydrogens is 258 g/mol. The first-order valence-electron chi connectivity index (χ1n) is 9.63. The van der Waals surface area contributed by atoms with Gasteiger partial charge in [0.2, 0.25) is 0 Å². The number of quaternary nitrogens is 1. The van der Waals surface area contributed by atoms with Gasteiger partial charge in [0.1, 0.15) is 0 Å². The van der Waals surface area contributed by atoms with Crippen LogP contribution in [0, 0.1) is 0 Å². The summed E-state index contributed by atoms with van der Waals surface area (Å²) in [4.78, 5) is 0. The maximum atomic E-state index is 9.72. The molecule has 0 rings (SSSR count). The van der Waals surface area contributed by atoms with E-state index in [9.17, 15) is 5.11 Å². The first-order chi connectivity index (χ1) is 10.1. The van der Waals surface area contributed by atoms with Crippen LogP contribution in [0.3, 0.4) is 0 Å². The average Bonchev–Trinajstić information content (AvgIpc) is 2.46. The van der Waals surface area contributed by atoms with E-state index in [4.69, 9.17) is 0 Å². The average molecular weight is 301 g/mol. The molecule has 0 heterocycles. The topological polar surface area (TPSA) is 20.2 Å². The third kappa shape index (κ3) is 11.2. The van der Waals surface area contributed by atoms with Crippen LogP contribution in [0.4, 0.5) is 0 Å². The van der Waals surface area contributed by atoms with E-state index in [1.54, 1.807) is 0 Å². The Morgan fingerprint density at radius 2 is 1.05 bits per heavy atom. The molecule has 0 saturated carbocycles. The monoisotopic (exact) mass is 300 g/mol. The molecule has 1 N–H and O–H groups in total. The lowest BCUT2D eigenvalue weighted by Gasteiger charge is -2.40. The van der Waals surface area contributed by atoms with Gasteiger partial charge in [0, 0.05) is 6.42 Å². The molecule has 0 aliphatic rings. The van der Waals surface area contributed by atoms with Crippen molar-refractivity contribution < 1.29 is 9.59 Å². The molecular formula is C19H42NO+. The Hall–Kier alpha value is -0.0800. The van der Waals surface area contributed by atoms with Gasteiger partial charge in [0.05, 0.1) is 32.3 Å². The normalized spacial score (nSPS) is 13.6. The minimum absolute atomic E-state index is 0.147. The van der Waals surface area contributed by atoms with Crippen molar-refractivity contribution in [1.82, 2.24) is 0 Å². The summed E-state index contributed by atoms with van der Waals surface area (Å²) in [6.45, 7) is 14.0. The summed E-state index contributed by atoms with van der Waals surface area (Å²) in [5.74, 6) is 0. The van der Waals surface area contributed by atoms with Crippen LogP contribution in [0.5, 0.6) is 0 Å². The highest BCUT2D eigenvalue weighted by Crippen LogP contribution is 2.18. The third-order valence-electron chi connectivity index (χ3n) is 4.73. The fourth-order valence-electron chi connectivity index (χ4n) is 3.22. The Bertz CT molecular complexity index is 189. The lowest BCUT2D eigenvalue weighted by atomic mass is 10.1. The van der Waals surface area contributed by atoms with Gasteiger partial charge >= 0.3 is 0 Å². The molecule has 1 unspecified atom stereocenters. The number of hydrogen-bond acceptors (Lipinski definition) is 1. The van der Waals surface area contributed by atoms with Crippen molar-refractivity contribution in [2.75, 3.05) is 26.2 Å². The van der Waals surface area contributed by atoms with Crippen molar-refractivity contribution in [3.8, 4) is 0 Å². The first-order valence-corrected chi connectivity index (χ1v) is 9.63. The second-order valence-corrected chi connectivity index (χ2v) is 7.00. The molecule has 0 aromatic heterocycles. The van der Waals surface area contributed by atoms with E-state index >= 15 is 0 Å². The number of aliphatic hydroxyl groups is 1. The van der Waals surface area contributed by atoms with Crippen LogP contribution in [-0.2, 0) is 0 Å². The Balaban J connectivity index is 4.60. The number of nitrogens with zero attached hydrogens (tertiary/aromatic N) is 1. The van der Waals surface area contributed by atoms with E-state index in [-0.39, 0.29) is 6.10 Å². The molecule has 128 valence electrons. The zero-order valence-corrected chi connectivity index (χ0v) is 15.4. The Labute approximate surface area is 134 Å². The van der Waals surface area contributed by atoms with E-state index in [1.165, 1.54) is 88.4 Å². The summed E-state index contributed by atoms with van der Waals surface area (Å²) in [5.41, 5.74) is 0. The Morgan fingerprint density at radius 1 is 0.667 bits per heavy atom. The van der Waals surface area contributed by atoms with Gasteiger partial charge in [-0.3, -0.25) is 0 Å². The zero-order chi connectivity index (χ0) is 16.0. The summed E-state index contributed by atoms with van der Waals surface area (Å²) in [7, 11) is 0. The zero-order valence-electron chi connectivity index (χ0n) is 15.4.